The minimum Gasteiger partial charge on any atom is -0.384 e. The van der Waals surface area contributed by atoms with Crippen molar-refractivity contribution in [1.82, 2.24) is 4.90 Å². The average molecular weight is 249 g/mol. The highest BCUT2D eigenvalue weighted by Gasteiger charge is 2.26. The van der Waals surface area contributed by atoms with Gasteiger partial charge in [0.2, 0.25) is 5.91 Å². The lowest BCUT2D eigenvalue weighted by Gasteiger charge is -2.15. The Balaban J connectivity index is 2.09. The summed E-state index contributed by atoms with van der Waals surface area (Å²) in [6, 6.07) is 1.94. The summed E-state index contributed by atoms with van der Waals surface area (Å²) >= 11 is 1.61. The van der Waals surface area contributed by atoms with E-state index in [0.29, 0.717) is 18.9 Å². The van der Waals surface area contributed by atoms with E-state index in [9.17, 15) is 4.79 Å². The first-order valence-electron chi connectivity index (χ1n) is 5.64. The van der Waals surface area contributed by atoms with Crippen molar-refractivity contribution in [3.63, 3.8) is 0 Å². The number of likely N-dealkylation sites (tertiary alicyclic amines) is 1. The molecule has 0 saturated carbocycles. The smallest absolute Gasteiger partial charge is 0.223 e. The Morgan fingerprint density at radius 1 is 1.65 bits per heavy atom. The van der Waals surface area contributed by atoms with E-state index in [1.807, 2.05) is 16.3 Å². The molecule has 4 heteroatoms. The molecule has 1 unspecified atom stereocenters. The number of nitrogens with zero attached hydrogens (tertiary/aromatic N) is 1. The van der Waals surface area contributed by atoms with Gasteiger partial charge in [-0.2, -0.15) is 0 Å². The molecule has 2 heterocycles. The Kier molecular flexibility index (Phi) is 3.82. The van der Waals surface area contributed by atoms with Gasteiger partial charge in [0.15, 0.2) is 0 Å². The van der Waals surface area contributed by atoms with Crippen molar-refractivity contribution in [2.75, 3.05) is 13.2 Å². The Morgan fingerprint density at radius 3 is 3.12 bits per heavy atom. The van der Waals surface area contributed by atoms with Gasteiger partial charge in [0.25, 0.3) is 0 Å². The molecule has 1 aliphatic rings. The molecule has 0 aromatic carbocycles. The Morgan fingerprint density at radius 2 is 2.47 bits per heavy atom. The maximum Gasteiger partial charge on any atom is 0.223 e. The van der Waals surface area contributed by atoms with Crippen LogP contribution in [0.5, 0.6) is 0 Å². The van der Waals surface area contributed by atoms with Gasteiger partial charge in [-0.15, -0.1) is 11.3 Å². The Labute approximate surface area is 105 Å². The second kappa shape index (κ2) is 5.35. The number of aliphatic hydroxyl groups is 1. The summed E-state index contributed by atoms with van der Waals surface area (Å²) in [6.45, 7) is 3.45. The molecule has 2 rings (SSSR count). The normalized spacial score (nSPS) is 19.3. The molecule has 3 nitrogen and oxygen atoms in total. The Bertz CT molecular complexity index is 469. The molecular formula is C13H15NO2S. The highest BCUT2D eigenvalue weighted by Crippen LogP contribution is 2.23. The highest BCUT2D eigenvalue weighted by atomic mass is 32.1. The van der Waals surface area contributed by atoms with E-state index in [-0.39, 0.29) is 12.5 Å². The molecule has 1 atom stereocenters. The number of rotatable bonds is 2. The van der Waals surface area contributed by atoms with Crippen LogP contribution in [0.2, 0.25) is 0 Å². The van der Waals surface area contributed by atoms with E-state index in [0.717, 1.165) is 17.0 Å². The largest absolute Gasteiger partial charge is 0.384 e. The lowest BCUT2D eigenvalue weighted by Crippen LogP contribution is -2.24. The first-order valence-corrected chi connectivity index (χ1v) is 6.52. The SMILES string of the molecule is CC1CC(=O)N(Cc2sccc2C#CCO)C1. The number of carbonyl (C=O) groups is 1. The van der Waals surface area contributed by atoms with E-state index < -0.39 is 0 Å². The van der Waals surface area contributed by atoms with Crippen LogP contribution in [0.3, 0.4) is 0 Å². The molecule has 1 aromatic heterocycles. The topological polar surface area (TPSA) is 40.5 Å². The third kappa shape index (κ3) is 2.87. The summed E-state index contributed by atoms with van der Waals surface area (Å²) < 4.78 is 0. The minimum absolute atomic E-state index is 0.130. The summed E-state index contributed by atoms with van der Waals surface area (Å²) in [7, 11) is 0. The van der Waals surface area contributed by atoms with Gasteiger partial charge in [0.05, 0.1) is 6.54 Å². The summed E-state index contributed by atoms with van der Waals surface area (Å²) in [6.07, 6.45) is 0.656. The van der Waals surface area contributed by atoms with Crippen LogP contribution in [-0.2, 0) is 11.3 Å². The van der Waals surface area contributed by atoms with E-state index in [2.05, 4.69) is 18.8 Å². The van der Waals surface area contributed by atoms with E-state index in [1.54, 1.807) is 11.3 Å². The van der Waals surface area contributed by atoms with Crippen LogP contribution < -0.4 is 0 Å². The summed E-state index contributed by atoms with van der Waals surface area (Å²) in [5.41, 5.74) is 0.927. The fourth-order valence-electron chi connectivity index (χ4n) is 2.01. The van der Waals surface area contributed by atoms with Gasteiger partial charge in [-0.05, 0) is 17.4 Å². The van der Waals surface area contributed by atoms with Gasteiger partial charge in [-0.3, -0.25) is 4.79 Å². The number of aliphatic hydroxyl groups excluding tert-OH is 1. The van der Waals surface area contributed by atoms with Crippen molar-refractivity contribution in [1.29, 1.82) is 0 Å². The van der Waals surface area contributed by atoms with Crippen molar-refractivity contribution in [3.8, 4) is 11.8 Å². The highest BCUT2D eigenvalue weighted by molar-refractivity contribution is 7.10. The van der Waals surface area contributed by atoms with E-state index in [1.165, 1.54) is 0 Å². The number of hydrogen-bond acceptors (Lipinski definition) is 3. The molecule has 1 aliphatic heterocycles. The predicted molar refractivity (Wildman–Crippen MR) is 67.5 cm³/mol. The quantitative estimate of drug-likeness (QED) is 0.806. The fourth-order valence-corrected chi connectivity index (χ4v) is 2.85. The zero-order chi connectivity index (χ0) is 12.3. The molecule has 1 saturated heterocycles. The van der Waals surface area contributed by atoms with Gasteiger partial charge in [0, 0.05) is 23.4 Å². The second-order valence-electron chi connectivity index (χ2n) is 4.30. The maximum absolute atomic E-state index is 11.7. The van der Waals surface area contributed by atoms with Crippen molar-refractivity contribution in [2.45, 2.75) is 19.9 Å². The average Bonchev–Trinajstić information content (AvgIpc) is 2.84. The van der Waals surface area contributed by atoms with Crippen LogP contribution in [0.15, 0.2) is 11.4 Å². The molecule has 0 radical (unpaired) electrons. The van der Waals surface area contributed by atoms with Gasteiger partial charge in [-0.1, -0.05) is 18.8 Å². The molecule has 90 valence electrons. The predicted octanol–water partition coefficient (Wildman–Crippen LogP) is 1.46. The summed E-state index contributed by atoms with van der Waals surface area (Å²) in [5.74, 6) is 6.24. The molecular weight excluding hydrogens is 234 g/mol. The van der Waals surface area contributed by atoms with E-state index in [4.69, 9.17) is 5.11 Å². The second-order valence-corrected chi connectivity index (χ2v) is 5.30. The lowest BCUT2D eigenvalue weighted by molar-refractivity contribution is -0.128. The van der Waals surface area contributed by atoms with Crippen LogP contribution in [0, 0.1) is 17.8 Å². The van der Waals surface area contributed by atoms with Crippen LogP contribution in [-0.4, -0.2) is 29.1 Å². The van der Waals surface area contributed by atoms with Gasteiger partial charge >= 0.3 is 0 Å². The molecule has 0 bridgehead atoms. The van der Waals surface area contributed by atoms with Crippen LogP contribution >= 0.6 is 11.3 Å². The standard InChI is InChI=1S/C13H15NO2S/c1-10-7-13(16)14(8-10)9-12-11(3-2-5-15)4-6-17-12/h4,6,10,15H,5,7-9H2,1H3. The first kappa shape index (κ1) is 12.2. The van der Waals surface area contributed by atoms with Crippen molar-refractivity contribution < 1.29 is 9.90 Å². The van der Waals surface area contributed by atoms with Crippen LogP contribution in [0.1, 0.15) is 23.8 Å². The molecule has 0 spiro atoms. The van der Waals surface area contributed by atoms with Crippen molar-refractivity contribution in [2.24, 2.45) is 5.92 Å². The third-order valence-corrected chi connectivity index (χ3v) is 3.70. The number of amides is 1. The van der Waals surface area contributed by atoms with Crippen LogP contribution in [0.4, 0.5) is 0 Å². The number of carbonyl (C=O) groups excluding carboxylic acids is 1. The molecule has 17 heavy (non-hydrogen) atoms. The minimum atomic E-state index is -0.130. The fraction of sp³-hybridized carbons (Fsp3) is 0.462. The maximum atomic E-state index is 11.7. The van der Waals surface area contributed by atoms with E-state index >= 15 is 0 Å². The van der Waals surface area contributed by atoms with Crippen molar-refractivity contribution >= 4 is 17.2 Å². The third-order valence-electron chi connectivity index (χ3n) is 2.79. The zero-order valence-electron chi connectivity index (χ0n) is 9.77. The Hall–Kier alpha value is -1.31. The van der Waals surface area contributed by atoms with Crippen molar-refractivity contribution in [3.05, 3.63) is 21.9 Å². The molecule has 1 amide bonds. The number of hydrogen-bond donors (Lipinski definition) is 1. The van der Waals surface area contributed by atoms with Gasteiger partial charge < -0.3 is 10.0 Å². The lowest BCUT2D eigenvalue weighted by atomic mass is 10.2. The zero-order valence-corrected chi connectivity index (χ0v) is 10.6. The van der Waals surface area contributed by atoms with Crippen LogP contribution in [0.25, 0.3) is 0 Å². The monoisotopic (exact) mass is 249 g/mol. The first-order chi connectivity index (χ1) is 8.20. The van der Waals surface area contributed by atoms with Gasteiger partial charge in [-0.25, -0.2) is 0 Å². The molecule has 1 aromatic rings. The van der Waals surface area contributed by atoms with Gasteiger partial charge in [0.1, 0.15) is 6.61 Å². The molecule has 0 aliphatic carbocycles. The summed E-state index contributed by atoms with van der Waals surface area (Å²) in [4.78, 5) is 14.7. The molecule has 1 fully saturated rings. The summed E-state index contributed by atoms with van der Waals surface area (Å²) in [5, 5.41) is 10.7. The molecule has 1 N–H and O–H groups in total. The number of thiophene rings is 1.